The summed E-state index contributed by atoms with van der Waals surface area (Å²) in [5, 5.41) is 2.86. The van der Waals surface area contributed by atoms with E-state index in [0.717, 1.165) is 61.0 Å². The molecule has 2 heterocycles. The van der Waals surface area contributed by atoms with Crippen LogP contribution in [0.2, 0.25) is 0 Å². The summed E-state index contributed by atoms with van der Waals surface area (Å²) >= 11 is 0. The van der Waals surface area contributed by atoms with Crippen molar-refractivity contribution in [3.8, 4) is 0 Å². The number of amides is 2. The molecule has 1 saturated carbocycles. The Balaban J connectivity index is 1.46. The van der Waals surface area contributed by atoms with Crippen LogP contribution >= 0.6 is 0 Å². The van der Waals surface area contributed by atoms with Crippen LogP contribution < -0.4 is 10.2 Å². The Labute approximate surface area is 187 Å². The third-order valence-corrected chi connectivity index (χ3v) is 6.28. The lowest BCUT2D eigenvalue weighted by atomic mass is 10.0. The molecule has 1 N–H and O–H groups in total. The molecule has 2 aliphatic rings. The molecule has 0 spiro atoms. The molecule has 1 aliphatic heterocycles. The highest BCUT2D eigenvalue weighted by Gasteiger charge is 2.27. The van der Waals surface area contributed by atoms with Gasteiger partial charge in [0.2, 0.25) is 0 Å². The standard InChI is InChI=1S/C26H27N3O3/c30-25(18-28-15-5-6-16-28)29-23-10-4-1-7-19(23)11-12-20-13-14-21(17-24(20)29)27-26(31)32-22-8-2-3-9-22/h1,4-7,10,13-17,22H,2-3,8-9,11-12,18H2,(H,27,31). The molecule has 164 valence electrons. The van der Waals surface area contributed by atoms with Crippen molar-refractivity contribution in [1.29, 1.82) is 0 Å². The third-order valence-electron chi connectivity index (χ3n) is 6.28. The SMILES string of the molecule is O=C(Nc1ccc2c(c1)N(C(=O)Cn1cccc1)c1ccccc1CC2)OC1CCCC1. The molecule has 5 rings (SSSR count). The summed E-state index contributed by atoms with van der Waals surface area (Å²) in [7, 11) is 0. The molecule has 1 aromatic heterocycles. The lowest BCUT2D eigenvalue weighted by Crippen LogP contribution is -2.30. The number of aryl methyl sites for hydroxylation is 2. The fraction of sp³-hybridized carbons (Fsp3) is 0.308. The Morgan fingerprint density at radius 1 is 0.906 bits per heavy atom. The smallest absolute Gasteiger partial charge is 0.411 e. The van der Waals surface area contributed by atoms with Gasteiger partial charge in [-0.15, -0.1) is 0 Å². The monoisotopic (exact) mass is 429 g/mol. The average molecular weight is 430 g/mol. The maximum atomic E-state index is 13.5. The number of rotatable bonds is 4. The molecular weight excluding hydrogens is 402 g/mol. The summed E-state index contributed by atoms with van der Waals surface area (Å²) in [6.45, 7) is 0.238. The zero-order chi connectivity index (χ0) is 21.9. The Morgan fingerprint density at radius 3 is 2.41 bits per heavy atom. The summed E-state index contributed by atoms with van der Waals surface area (Å²) in [5.74, 6) is -0.0255. The Bertz CT molecular complexity index is 1120. The predicted octanol–water partition coefficient (Wildman–Crippen LogP) is 5.44. The van der Waals surface area contributed by atoms with E-state index in [1.807, 2.05) is 65.5 Å². The minimum Gasteiger partial charge on any atom is -0.446 e. The molecular formula is C26H27N3O3. The molecule has 6 heteroatoms. The van der Waals surface area contributed by atoms with Gasteiger partial charge in [-0.05, 0) is 80.0 Å². The van der Waals surface area contributed by atoms with Gasteiger partial charge in [-0.1, -0.05) is 24.3 Å². The Kier molecular flexibility index (Phi) is 5.67. The first-order valence-electron chi connectivity index (χ1n) is 11.3. The van der Waals surface area contributed by atoms with Crippen LogP contribution in [0.1, 0.15) is 36.8 Å². The first kappa shape index (κ1) is 20.4. The zero-order valence-corrected chi connectivity index (χ0v) is 18.0. The van der Waals surface area contributed by atoms with Gasteiger partial charge in [0.25, 0.3) is 5.91 Å². The van der Waals surface area contributed by atoms with Crippen molar-refractivity contribution >= 4 is 29.1 Å². The van der Waals surface area contributed by atoms with Gasteiger partial charge in [0, 0.05) is 18.1 Å². The number of carbonyl (C=O) groups excluding carboxylic acids is 2. The molecule has 0 unspecified atom stereocenters. The van der Waals surface area contributed by atoms with Crippen molar-refractivity contribution in [2.75, 3.05) is 10.2 Å². The van der Waals surface area contributed by atoms with Crippen LogP contribution in [0.5, 0.6) is 0 Å². The molecule has 0 radical (unpaired) electrons. The summed E-state index contributed by atoms with van der Waals surface area (Å²) in [6.07, 6.45) is 9.09. The first-order valence-corrected chi connectivity index (χ1v) is 11.3. The van der Waals surface area contributed by atoms with Crippen LogP contribution in [-0.4, -0.2) is 22.7 Å². The van der Waals surface area contributed by atoms with E-state index in [1.54, 1.807) is 4.90 Å². The Hall–Kier alpha value is -3.54. The highest BCUT2D eigenvalue weighted by molar-refractivity contribution is 6.03. The van der Waals surface area contributed by atoms with E-state index in [2.05, 4.69) is 11.4 Å². The summed E-state index contributed by atoms with van der Waals surface area (Å²) < 4.78 is 7.42. The van der Waals surface area contributed by atoms with E-state index in [9.17, 15) is 9.59 Å². The van der Waals surface area contributed by atoms with E-state index >= 15 is 0 Å². The number of para-hydroxylation sites is 1. The second-order valence-electron chi connectivity index (χ2n) is 8.49. The first-order chi connectivity index (χ1) is 15.7. The number of benzene rings is 2. The van der Waals surface area contributed by atoms with Gasteiger partial charge in [0.05, 0.1) is 11.4 Å². The number of aromatic nitrogens is 1. The van der Waals surface area contributed by atoms with Crippen molar-refractivity contribution < 1.29 is 14.3 Å². The van der Waals surface area contributed by atoms with Crippen LogP contribution in [0, 0.1) is 0 Å². The van der Waals surface area contributed by atoms with Crippen LogP contribution in [0.4, 0.5) is 21.9 Å². The van der Waals surface area contributed by atoms with Gasteiger partial charge < -0.3 is 9.30 Å². The molecule has 2 aromatic carbocycles. The lowest BCUT2D eigenvalue weighted by molar-refractivity contribution is -0.118. The molecule has 0 saturated heterocycles. The van der Waals surface area contributed by atoms with E-state index in [1.165, 1.54) is 0 Å². The molecule has 32 heavy (non-hydrogen) atoms. The summed E-state index contributed by atoms with van der Waals surface area (Å²) in [5.41, 5.74) is 4.56. The summed E-state index contributed by atoms with van der Waals surface area (Å²) in [4.78, 5) is 27.7. The van der Waals surface area contributed by atoms with Crippen molar-refractivity contribution in [1.82, 2.24) is 4.57 Å². The van der Waals surface area contributed by atoms with E-state index in [4.69, 9.17) is 4.74 Å². The van der Waals surface area contributed by atoms with E-state index < -0.39 is 6.09 Å². The number of nitrogens with zero attached hydrogens (tertiary/aromatic N) is 2. The van der Waals surface area contributed by atoms with Gasteiger partial charge in [-0.25, -0.2) is 4.79 Å². The minimum absolute atomic E-state index is 0.00218. The second kappa shape index (κ2) is 8.91. The van der Waals surface area contributed by atoms with Gasteiger partial charge >= 0.3 is 6.09 Å². The van der Waals surface area contributed by atoms with Crippen molar-refractivity contribution in [2.24, 2.45) is 0 Å². The third kappa shape index (κ3) is 4.26. The molecule has 6 nitrogen and oxygen atoms in total. The minimum atomic E-state index is -0.434. The van der Waals surface area contributed by atoms with Crippen molar-refractivity contribution in [3.05, 3.63) is 78.1 Å². The van der Waals surface area contributed by atoms with Crippen LogP contribution in [-0.2, 0) is 28.9 Å². The van der Waals surface area contributed by atoms with Gasteiger partial charge in [-0.3, -0.25) is 15.0 Å². The highest BCUT2D eigenvalue weighted by Crippen LogP contribution is 2.38. The van der Waals surface area contributed by atoms with Crippen LogP contribution in [0.3, 0.4) is 0 Å². The molecule has 1 fully saturated rings. The molecule has 3 aromatic rings. The van der Waals surface area contributed by atoms with Gasteiger partial charge in [-0.2, -0.15) is 0 Å². The number of anilines is 3. The number of fused-ring (bicyclic) bond motifs is 2. The number of nitrogens with one attached hydrogen (secondary N) is 1. The number of hydrogen-bond acceptors (Lipinski definition) is 3. The second-order valence-corrected chi connectivity index (χ2v) is 8.49. The van der Waals surface area contributed by atoms with Gasteiger partial charge in [0.15, 0.2) is 0 Å². The summed E-state index contributed by atoms with van der Waals surface area (Å²) in [6, 6.07) is 17.6. The van der Waals surface area contributed by atoms with Crippen molar-refractivity contribution in [3.63, 3.8) is 0 Å². The number of hydrogen-bond donors (Lipinski definition) is 1. The van der Waals surface area contributed by atoms with E-state index in [0.29, 0.717) is 5.69 Å². The molecule has 2 amide bonds. The average Bonchev–Trinajstić information content (AvgIpc) is 3.46. The highest BCUT2D eigenvalue weighted by atomic mass is 16.6. The number of carbonyl (C=O) groups is 2. The normalized spacial score (nSPS) is 15.6. The number of ether oxygens (including phenoxy) is 1. The Morgan fingerprint density at radius 2 is 1.62 bits per heavy atom. The maximum absolute atomic E-state index is 13.5. The fourth-order valence-corrected chi connectivity index (χ4v) is 4.68. The zero-order valence-electron chi connectivity index (χ0n) is 18.0. The molecule has 0 bridgehead atoms. The molecule has 0 atom stereocenters. The fourth-order valence-electron chi connectivity index (χ4n) is 4.68. The largest absolute Gasteiger partial charge is 0.446 e. The lowest BCUT2D eigenvalue weighted by Gasteiger charge is -2.26. The quantitative estimate of drug-likeness (QED) is 0.600. The van der Waals surface area contributed by atoms with Gasteiger partial charge in [0.1, 0.15) is 12.6 Å². The topological polar surface area (TPSA) is 63.6 Å². The van der Waals surface area contributed by atoms with Crippen LogP contribution in [0.25, 0.3) is 0 Å². The predicted molar refractivity (Wildman–Crippen MR) is 124 cm³/mol. The molecule has 1 aliphatic carbocycles. The van der Waals surface area contributed by atoms with Crippen molar-refractivity contribution in [2.45, 2.75) is 51.2 Å². The van der Waals surface area contributed by atoms with E-state index in [-0.39, 0.29) is 18.6 Å². The van der Waals surface area contributed by atoms with Crippen LogP contribution in [0.15, 0.2) is 67.0 Å². The maximum Gasteiger partial charge on any atom is 0.411 e.